The Balaban J connectivity index is 0.000000194. The fourth-order valence-electron chi connectivity index (χ4n) is 2.88. The molecular weight excluding hydrogens is 460 g/mol. The summed E-state index contributed by atoms with van der Waals surface area (Å²) >= 11 is 5.39. The van der Waals surface area contributed by atoms with Crippen molar-refractivity contribution in [3.05, 3.63) is 63.8 Å². The number of benzene rings is 1. The van der Waals surface area contributed by atoms with Crippen LogP contribution >= 0.6 is 11.8 Å². The van der Waals surface area contributed by atoms with E-state index in [1.165, 1.54) is 4.57 Å². The molecule has 0 fully saturated rings. The van der Waals surface area contributed by atoms with Crippen molar-refractivity contribution < 1.29 is 28.6 Å². The van der Waals surface area contributed by atoms with Crippen molar-refractivity contribution in [1.29, 1.82) is 0 Å². The molecule has 172 valence electrons. The smallest absolute Gasteiger partial charge is 0.419 e. The van der Waals surface area contributed by atoms with Gasteiger partial charge in [0.05, 0.1) is 12.6 Å². The molecule has 13 nitrogen and oxygen atoms in total. The van der Waals surface area contributed by atoms with Crippen LogP contribution in [0.2, 0.25) is 0 Å². The minimum atomic E-state index is -1.36. The molecule has 4 rings (SSSR count). The predicted octanol–water partition coefficient (Wildman–Crippen LogP) is 0.688. The van der Waals surface area contributed by atoms with Gasteiger partial charge in [0.15, 0.2) is 22.6 Å². The minimum absolute atomic E-state index is 0.118. The zero-order chi connectivity index (χ0) is 24.3. The van der Waals surface area contributed by atoms with E-state index in [2.05, 4.69) is 19.5 Å². The molecule has 0 aliphatic carbocycles. The number of esters is 1. The second-order valence-electron chi connectivity index (χ2n) is 6.51. The molecule has 1 amide bonds. The Morgan fingerprint density at radius 2 is 2.03 bits per heavy atom. The van der Waals surface area contributed by atoms with Gasteiger partial charge in [0.2, 0.25) is 0 Å². The van der Waals surface area contributed by atoms with Gasteiger partial charge in [-0.25, -0.2) is 29.2 Å². The summed E-state index contributed by atoms with van der Waals surface area (Å²) in [6, 6.07) is 6.52. The van der Waals surface area contributed by atoms with E-state index in [9.17, 15) is 19.2 Å². The average Bonchev–Trinajstić information content (AvgIpc) is 3.34. The topological polar surface area (TPSA) is 184 Å². The number of amides is 1. The molecule has 0 atom stereocenters. The highest BCUT2D eigenvalue weighted by Gasteiger charge is 2.21. The summed E-state index contributed by atoms with van der Waals surface area (Å²) in [6.45, 7) is 0.552. The lowest BCUT2D eigenvalue weighted by Gasteiger charge is -2.04. The number of aryl methyl sites for hydroxylation is 1. The van der Waals surface area contributed by atoms with Crippen molar-refractivity contribution in [3.63, 3.8) is 0 Å². The molecule has 0 radical (unpaired) electrons. The zero-order valence-electron chi connectivity index (χ0n) is 17.2. The minimum Gasteiger partial charge on any atom is -0.477 e. The van der Waals surface area contributed by atoms with Crippen molar-refractivity contribution >= 4 is 46.4 Å². The molecule has 14 heteroatoms. The van der Waals surface area contributed by atoms with E-state index in [1.807, 2.05) is 12.1 Å². The van der Waals surface area contributed by atoms with Gasteiger partial charge >= 0.3 is 17.7 Å². The van der Waals surface area contributed by atoms with Gasteiger partial charge in [-0.15, -0.1) is 0 Å². The van der Waals surface area contributed by atoms with Gasteiger partial charge in [-0.3, -0.25) is 13.8 Å². The van der Waals surface area contributed by atoms with Crippen LogP contribution in [0, 0.1) is 0 Å². The van der Waals surface area contributed by atoms with Gasteiger partial charge in [0.25, 0.3) is 5.91 Å². The highest BCUT2D eigenvalue weighted by Crippen LogP contribution is 2.14. The lowest BCUT2D eigenvalue weighted by atomic mass is 10.2. The Bertz CT molecular complexity index is 1440. The molecule has 4 aromatic rings. The van der Waals surface area contributed by atoms with Crippen LogP contribution in [0.5, 0.6) is 0 Å². The van der Waals surface area contributed by atoms with Crippen LogP contribution in [0.15, 0.2) is 39.8 Å². The number of methoxy groups -OCH3 is 1. The molecule has 0 aliphatic heterocycles. The number of carboxylic acid groups (broad SMARTS) is 1. The number of fused-ring (bicyclic) bond motifs is 2. The van der Waals surface area contributed by atoms with E-state index in [-0.39, 0.29) is 22.8 Å². The fraction of sp³-hybridized carbons (Fsp3) is 0.158. The van der Waals surface area contributed by atoms with Gasteiger partial charge in [-0.1, -0.05) is 6.07 Å². The summed E-state index contributed by atoms with van der Waals surface area (Å²) < 4.78 is 12.1. The second kappa shape index (κ2) is 9.50. The summed E-state index contributed by atoms with van der Waals surface area (Å²) in [7, 11) is 2.81. The van der Waals surface area contributed by atoms with Crippen molar-refractivity contribution in [1.82, 2.24) is 23.8 Å². The number of nitrogens with one attached hydrogen (secondary N) is 1. The first-order chi connectivity index (χ1) is 15.7. The molecule has 0 aliphatic rings. The maximum atomic E-state index is 11.6. The Kier molecular flexibility index (Phi) is 6.75. The predicted molar refractivity (Wildman–Crippen MR) is 114 cm³/mol. The van der Waals surface area contributed by atoms with Crippen LogP contribution in [-0.4, -0.2) is 49.0 Å². The first-order valence-corrected chi connectivity index (χ1v) is 9.47. The molecule has 0 saturated heterocycles. The third kappa shape index (κ3) is 4.68. The molecule has 1 aromatic carbocycles. The Labute approximate surface area is 189 Å². The monoisotopic (exact) mass is 476 g/mol. The van der Waals surface area contributed by atoms with E-state index < -0.39 is 23.5 Å². The number of primary amides is 1. The summed E-state index contributed by atoms with van der Waals surface area (Å²) in [6.07, 6.45) is 1.14. The fourth-order valence-corrected chi connectivity index (χ4v) is 3.03. The molecule has 3 aromatic heterocycles. The number of rotatable bonds is 5. The van der Waals surface area contributed by atoms with E-state index in [0.29, 0.717) is 12.1 Å². The first kappa shape index (κ1) is 23.4. The van der Waals surface area contributed by atoms with Gasteiger partial charge in [0, 0.05) is 19.7 Å². The molecule has 0 spiro atoms. The lowest BCUT2D eigenvalue weighted by molar-refractivity contribution is 0.0591. The normalized spacial score (nSPS) is 10.6. The summed E-state index contributed by atoms with van der Waals surface area (Å²) in [5, 5.41) is 8.93. The van der Waals surface area contributed by atoms with Crippen molar-refractivity contribution in [3.8, 4) is 0 Å². The molecule has 3 heterocycles. The highest BCUT2D eigenvalue weighted by atomic mass is 35.5. The number of carbonyl (C=O) groups excluding carboxylic acids is 2. The van der Waals surface area contributed by atoms with Crippen molar-refractivity contribution in [2.45, 2.75) is 6.54 Å². The third-order valence-corrected chi connectivity index (χ3v) is 4.61. The maximum absolute atomic E-state index is 11.6. The maximum Gasteiger partial charge on any atom is 0.419 e. The first-order valence-electron chi connectivity index (χ1n) is 9.09. The molecule has 0 unspecified atom stereocenters. The Morgan fingerprint density at radius 3 is 2.64 bits per heavy atom. The van der Waals surface area contributed by atoms with E-state index in [0.717, 1.165) is 35.0 Å². The highest BCUT2D eigenvalue weighted by molar-refractivity contribution is 6.13. The Morgan fingerprint density at radius 1 is 1.30 bits per heavy atom. The molecule has 0 bridgehead atoms. The number of nitrogens with zero attached hydrogens (tertiary/aromatic N) is 4. The van der Waals surface area contributed by atoms with Crippen LogP contribution in [0.1, 0.15) is 37.0 Å². The molecule has 4 N–H and O–H groups in total. The number of ether oxygens (including phenoxy) is 1. The van der Waals surface area contributed by atoms with Crippen LogP contribution in [0.3, 0.4) is 0 Å². The second-order valence-corrected chi connectivity index (χ2v) is 6.78. The number of carbonyl (C=O) groups is 3. The van der Waals surface area contributed by atoms with E-state index in [1.54, 1.807) is 13.1 Å². The lowest BCUT2D eigenvalue weighted by Crippen LogP contribution is -2.15. The Hall–Kier alpha value is -4.23. The van der Waals surface area contributed by atoms with Crippen molar-refractivity contribution in [2.24, 2.45) is 12.8 Å². The number of nitrogens with two attached hydrogens (primary N) is 1. The molecule has 0 saturated carbocycles. The summed E-state index contributed by atoms with van der Waals surface area (Å²) in [4.78, 5) is 54.8. The van der Waals surface area contributed by atoms with E-state index in [4.69, 9.17) is 27.0 Å². The van der Waals surface area contributed by atoms with Gasteiger partial charge in [-0.05, 0) is 29.5 Å². The number of aromatic carboxylic acids is 1. The number of halogens is 1. The standard InChI is InChI=1S/C10H8N4O5.C9H9ClN2O2/c1-19-10(18)5-2-4(9(16)17)13-8-6(7(11)15)12-3-14(5)8;1-12-7-4-6(5-11-10)2-3-8(7)14-9(12)13/h2-3H,1H3,(H2,11,15)(H,16,17);2-4,11H,5H2,1H3. The van der Waals surface area contributed by atoms with Crippen LogP contribution in [-0.2, 0) is 18.3 Å². The average molecular weight is 477 g/mol. The van der Waals surface area contributed by atoms with E-state index >= 15 is 0 Å². The number of hydrogen-bond donors (Lipinski definition) is 3. The van der Waals surface area contributed by atoms with Gasteiger partial charge in [0.1, 0.15) is 12.0 Å². The number of aromatic nitrogens is 4. The van der Waals surface area contributed by atoms with Crippen LogP contribution in [0.25, 0.3) is 16.7 Å². The zero-order valence-corrected chi connectivity index (χ0v) is 18.0. The third-order valence-electron chi connectivity index (χ3n) is 4.48. The van der Waals surface area contributed by atoms with Gasteiger partial charge < -0.3 is 20.0 Å². The number of imidazole rings is 1. The molecule has 33 heavy (non-hydrogen) atoms. The summed E-state index contributed by atoms with van der Waals surface area (Å²) in [5.41, 5.74) is 6.58. The number of hydrogen-bond acceptors (Lipinski definition) is 9. The van der Waals surface area contributed by atoms with Gasteiger partial charge in [-0.2, -0.15) is 0 Å². The van der Waals surface area contributed by atoms with Crippen LogP contribution < -0.4 is 16.3 Å². The van der Waals surface area contributed by atoms with Crippen molar-refractivity contribution in [2.75, 3.05) is 7.11 Å². The molecular formula is C19H17ClN6O7. The number of carboxylic acids is 1. The largest absolute Gasteiger partial charge is 0.477 e. The van der Waals surface area contributed by atoms with Crippen LogP contribution in [0.4, 0.5) is 0 Å². The SMILES string of the molecule is COC(=O)c1cc(C(=O)O)nc2c(C(N)=O)ncn12.Cn1c(=O)oc2ccc(CNCl)cc21. The summed E-state index contributed by atoms with van der Waals surface area (Å²) in [5.74, 6) is -3.38. The quantitative estimate of drug-likeness (QED) is 0.273. The number of oxazole rings is 1.